The fraction of sp³-hybridized carbons (Fsp3) is 0.929. The molecule has 1 amide bonds. The molecule has 19 heavy (non-hydrogen) atoms. The van der Waals surface area contributed by atoms with Crippen molar-refractivity contribution in [1.82, 2.24) is 15.5 Å². The van der Waals surface area contributed by atoms with Gasteiger partial charge in [0.15, 0.2) is 0 Å². The van der Waals surface area contributed by atoms with Crippen LogP contribution in [0.15, 0.2) is 0 Å². The topological polar surface area (TPSA) is 53.6 Å². The average Bonchev–Trinajstić information content (AvgIpc) is 2.88. The van der Waals surface area contributed by atoms with Gasteiger partial charge in [0.05, 0.1) is 19.1 Å². The molecule has 2 N–H and O–H groups in total. The van der Waals surface area contributed by atoms with Crippen molar-refractivity contribution in [2.24, 2.45) is 5.92 Å². The quantitative estimate of drug-likeness (QED) is 0.749. The first-order valence-corrected chi connectivity index (χ1v) is 7.58. The van der Waals surface area contributed by atoms with Crippen LogP contribution in [0.1, 0.15) is 26.7 Å². The third kappa shape index (κ3) is 3.91. The van der Waals surface area contributed by atoms with Crippen molar-refractivity contribution in [1.29, 1.82) is 0 Å². The molecule has 2 aliphatic heterocycles. The number of carbonyl (C=O) groups excluding carboxylic acids is 1. The molecule has 2 aliphatic rings. The van der Waals surface area contributed by atoms with Crippen molar-refractivity contribution in [3.63, 3.8) is 0 Å². The average molecular weight is 269 g/mol. The minimum atomic E-state index is -0.0239. The number of likely N-dealkylation sites (tertiary alicyclic amines) is 1. The van der Waals surface area contributed by atoms with Gasteiger partial charge in [-0.05, 0) is 25.9 Å². The first-order valence-electron chi connectivity index (χ1n) is 7.58. The zero-order chi connectivity index (χ0) is 13.7. The van der Waals surface area contributed by atoms with Crippen LogP contribution in [0.25, 0.3) is 0 Å². The number of hydrogen-bond acceptors (Lipinski definition) is 4. The Morgan fingerprint density at radius 2 is 2.00 bits per heavy atom. The van der Waals surface area contributed by atoms with E-state index in [0.717, 1.165) is 39.0 Å². The molecule has 0 saturated carbocycles. The number of ether oxygens (including phenoxy) is 1. The number of piperidine rings is 1. The lowest BCUT2D eigenvalue weighted by Crippen LogP contribution is -2.50. The third-order valence-electron chi connectivity index (χ3n) is 4.26. The highest BCUT2D eigenvalue weighted by molar-refractivity contribution is 5.80. The Labute approximate surface area is 116 Å². The van der Waals surface area contributed by atoms with Crippen LogP contribution >= 0.6 is 0 Å². The fourth-order valence-corrected chi connectivity index (χ4v) is 2.98. The predicted molar refractivity (Wildman–Crippen MR) is 75.1 cm³/mol. The molecule has 0 bridgehead atoms. The molecule has 0 aromatic heterocycles. The van der Waals surface area contributed by atoms with Gasteiger partial charge in [-0.2, -0.15) is 0 Å². The van der Waals surface area contributed by atoms with E-state index in [1.807, 2.05) is 0 Å². The molecule has 0 spiro atoms. The van der Waals surface area contributed by atoms with Crippen molar-refractivity contribution < 1.29 is 9.53 Å². The fourth-order valence-electron chi connectivity index (χ4n) is 2.98. The summed E-state index contributed by atoms with van der Waals surface area (Å²) in [7, 11) is 0. The van der Waals surface area contributed by atoms with Crippen molar-refractivity contribution in [3.05, 3.63) is 0 Å². The van der Waals surface area contributed by atoms with Crippen molar-refractivity contribution in [3.8, 4) is 0 Å². The second kappa shape index (κ2) is 7.22. The number of nitrogens with zero attached hydrogens (tertiary/aromatic N) is 1. The molecule has 0 aromatic rings. The summed E-state index contributed by atoms with van der Waals surface area (Å²) < 4.78 is 5.44. The van der Waals surface area contributed by atoms with Crippen LogP contribution in [0.3, 0.4) is 0 Å². The second-order valence-corrected chi connectivity index (χ2v) is 5.53. The zero-order valence-electron chi connectivity index (χ0n) is 12.2. The molecule has 2 unspecified atom stereocenters. The molecule has 110 valence electrons. The number of hydrogen-bond donors (Lipinski definition) is 2. The molecule has 5 nitrogen and oxygen atoms in total. The third-order valence-corrected chi connectivity index (χ3v) is 4.26. The summed E-state index contributed by atoms with van der Waals surface area (Å²) in [4.78, 5) is 14.7. The summed E-state index contributed by atoms with van der Waals surface area (Å²) in [6.07, 6.45) is 2.14. The Morgan fingerprint density at radius 1 is 1.26 bits per heavy atom. The lowest BCUT2D eigenvalue weighted by molar-refractivity contribution is -0.126. The van der Waals surface area contributed by atoms with E-state index in [-0.39, 0.29) is 17.9 Å². The summed E-state index contributed by atoms with van der Waals surface area (Å²) in [6.45, 7) is 9.64. The maximum atomic E-state index is 12.3. The molecule has 2 atom stereocenters. The SMILES string of the molecule is CCNC1COCC1C(=O)NC1CCN(CC)CC1. The summed E-state index contributed by atoms with van der Waals surface area (Å²) >= 11 is 0. The van der Waals surface area contributed by atoms with E-state index >= 15 is 0 Å². The molecule has 2 saturated heterocycles. The van der Waals surface area contributed by atoms with Crippen molar-refractivity contribution >= 4 is 5.91 Å². The number of rotatable bonds is 5. The molecule has 2 fully saturated rings. The maximum Gasteiger partial charge on any atom is 0.227 e. The highest BCUT2D eigenvalue weighted by Crippen LogP contribution is 2.16. The van der Waals surface area contributed by atoms with E-state index in [2.05, 4.69) is 29.4 Å². The van der Waals surface area contributed by atoms with Gasteiger partial charge >= 0.3 is 0 Å². The van der Waals surface area contributed by atoms with Gasteiger partial charge < -0.3 is 20.3 Å². The van der Waals surface area contributed by atoms with Gasteiger partial charge in [-0.15, -0.1) is 0 Å². The maximum absolute atomic E-state index is 12.3. The van der Waals surface area contributed by atoms with E-state index in [9.17, 15) is 4.79 Å². The molecule has 0 radical (unpaired) electrons. The first-order chi connectivity index (χ1) is 9.24. The summed E-state index contributed by atoms with van der Waals surface area (Å²) in [5.74, 6) is 0.141. The van der Waals surface area contributed by atoms with Crippen LogP contribution in [0, 0.1) is 5.92 Å². The van der Waals surface area contributed by atoms with E-state index in [0.29, 0.717) is 19.3 Å². The smallest absolute Gasteiger partial charge is 0.227 e. The highest BCUT2D eigenvalue weighted by atomic mass is 16.5. The minimum absolute atomic E-state index is 0.0239. The normalized spacial score (nSPS) is 29.6. The Morgan fingerprint density at radius 3 is 2.63 bits per heavy atom. The van der Waals surface area contributed by atoms with Crippen molar-refractivity contribution in [2.45, 2.75) is 38.8 Å². The Kier molecular flexibility index (Phi) is 5.60. The van der Waals surface area contributed by atoms with Gasteiger partial charge in [-0.1, -0.05) is 13.8 Å². The molecule has 0 aromatic carbocycles. The monoisotopic (exact) mass is 269 g/mol. The van der Waals surface area contributed by atoms with Crippen LogP contribution < -0.4 is 10.6 Å². The largest absolute Gasteiger partial charge is 0.379 e. The van der Waals surface area contributed by atoms with Gasteiger partial charge in [0.1, 0.15) is 0 Å². The van der Waals surface area contributed by atoms with Gasteiger partial charge in [0.25, 0.3) is 0 Å². The lowest BCUT2D eigenvalue weighted by atomic mass is 10.00. The van der Waals surface area contributed by atoms with Crippen LogP contribution in [0.5, 0.6) is 0 Å². The van der Waals surface area contributed by atoms with Crippen LogP contribution in [0.2, 0.25) is 0 Å². The Balaban J connectivity index is 1.77. The van der Waals surface area contributed by atoms with Gasteiger partial charge in [-0.3, -0.25) is 4.79 Å². The molecule has 2 rings (SSSR count). The van der Waals surface area contributed by atoms with E-state index < -0.39 is 0 Å². The zero-order valence-corrected chi connectivity index (χ0v) is 12.2. The Bertz CT molecular complexity index is 290. The summed E-state index contributed by atoms with van der Waals surface area (Å²) in [5, 5.41) is 6.54. The molecular weight excluding hydrogens is 242 g/mol. The first kappa shape index (κ1) is 14.8. The van der Waals surface area contributed by atoms with E-state index in [1.54, 1.807) is 0 Å². The van der Waals surface area contributed by atoms with Gasteiger partial charge in [-0.25, -0.2) is 0 Å². The summed E-state index contributed by atoms with van der Waals surface area (Å²) in [6, 6.07) is 0.527. The number of likely N-dealkylation sites (N-methyl/N-ethyl adjacent to an activating group) is 1. The standard InChI is InChI=1S/C14H27N3O2/c1-3-15-13-10-19-9-12(13)14(18)16-11-5-7-17(4-2)8-6-11/h11-13,15H,3-10H2,1-2H3,(H,16,18). The number of amides is 1. The predicted octanol–water partition coefficient (Wildman–Crippen LogP) is 0.211. The molecule has 0 aliphatic carbocycles. The van der Waals surface area contributed by atoms with Crippen LogP contribution in [0.4, 0.5) is 0 Å². The number of nitrogens with one attached hydrogen (secondary N) is 2. The van der Waals surface area contributed by atoms with Gasteiger partial charge in [0.2, 0.25) is 5.91 Å². The molecule has 5 heteroatoms. The minimum Gasteiger partial charge on any atom is -0.379 e. The lowest BCUT2D eigenvalue weighted by Gasteiger charge is -2.32. The van der Waals surface area contributed by atoms with E-state index in [4.69, 9.17) is 4.74 Å². The van der Waals surface area contributed by atoms with Crippen LogP contribution in [-0.4, -0.2) is 62.3 Å². The Hall–Kier alpha value is -0.650. The highest BCUT2D eigenvalue weighted by Gasteiger charge is 2.34. The van der Waals surface area contributed by atoms with Gasteiger partial charge in [0, 0.05) is 25.2 Å². The van der Waals surface area contributed by atoms with Crippen LogP contribution in [-0.2, 0) is 9.53 Å². The van der Waals surface area contributed by atoms with Crippen molar-refractivity contribution in [2.75, 3.05) is 39.4 Å². The molecule has 2 heterocycles. The number of carbonyl (C=O) groups is 1. The van der Waals surface area contributed by atoms with E-state index in [1.165, 1.54) is 0 Å². The summed E-state index contributed by atoms with van der Waals surface area (Å²) in [5.41, 5.74) is 0. The molecular formula is C14H27N3O2. The second-order valence-electron chi connectivity index (χ2n) is 5.53.